The second-order valence-electron chi connectivity index (χ2n) is 0. The minimum absolute atomic E-state index is 0. The molecule has 0 atom stereocenters. The molecule has 9 heavy (non-hydrogen) atoms. The molecule has 0 aromatic heterocycles. The van der Waals surface area contributed by atoms with E-state index in [1.165, 1.54) is 0 Å². The molecule has 0 aliphatic heterocycles. The molecule has 0 N–H and O–H groups in total. The summed E-state index contributed by atoms with van der Waals surface area (Å²) in [5.74, 6) is 0. The Labute approximate surface area is 177 Å². The Hall–Kier alpha value is 5.64. The first-order valence-corrected chi connectivity index (χ1v) is 0. The fraction of sp³-hybridized carbons (Fsp3) is 0. The monoisotopic (exact) mass is 433 g/mol. The van der Waals surface area contributed by atoms with Crippen molar-refractivity contribution in [3.63, 3.8) is 0 Å². The molecular weight excluding hydrogens is 431 g/mol. The third-order valence-electron chi connectivity index (χ3n) is 0. The van der Waals surface area contributed by atoms with Gasteiger partial charge in [-0.3, -0.25) is 0 Å². The van der Waals surface area contributed by atoms with E-state index in [2.05, 4.69) is 0 Å². The van der Waals surface area contributed by atoms with E-state index in [4.69, 9.17) is 0 Å². The summed E-state index contributed by atoms with van der Waals surface area (Å²) < 4.78 is 0. The molecule has 0 aliphatic rings. The summed E-state index contributed by atoms with van der Waals surface area (Å²) in [5.41, 5.74) is 0. The molecule has 0 aromatic carbocycles. The van der Waals surface area contributed by atoms with E-state index < -0.39 is 0 Å². The number of hydrogen-bond donors (Lipinski definition) is 0. The van der Waals surface area contributed by atoms with Crippen LogP contribution < -0.4 is 59.1 Å². The van der Waals surface area contributed by atoms with Gasteiger partial charge in [-0.25, -0.2) is 0 Å². The van der Waals surface area contributed by atoms with E-state index in [9.17, 15) is 0 Å². The van der Waals surface area contributed by atoms with Crippen LogP contribution in [0, 0.1) is 0 Å². The smallest absolute Gasteiger partial charge is 1.00 e. The fourth-order valence-corrected chi connectivity index (χ4v) is 0. The van der Waals surface area contributed by atoms with Crippen LogP contribution in [0.25, 0.3) is 0 Å². The second-order valence-corrected chi connectivity index (χ2v) is 0. The largest absolute Gasteiger partial charge is 1.00 e. The summed E-state index contributed by atoms with van der Waals surface area (Å²) in [6.45, 7) is 0. The number of rotatable bonds is 0. The summed E-state index contributed by atoms with van der Waals surface area (Å²) in [5, 5.41) is 0. The van der Waals surface area contributed by atoms with Crippen LogP contribution in [0.15, 0.2) is 0 Å². The van der Waals surface area contributed by atoms with Crippen LogP contribution in [-0.2, 0) is 119 Å². The van der Waals surface area contributed by atoms with Gasteiger partial charge in [-0.2, -0.15) is 0 Å². The van der Waals surface area contributed by atoms with Gasteiger partial charge in [0.2, 0.25) is 0 Å². The molecule has 0 heterocycles. The third kappa shape index (κ3) is 58.1. The normalized spacial score (nSPS) is 0. The molecule has 53 valence electrons. The molecule has 0 aliphatic carbocycles. The van der Waals surface area contributed by atoms with E-state index in [0.717, 1.165) is 0 Å². The van der Waals surface area contributed by atoms with Crippen molar-refractivity contribution in [2.45, 2.75) is 0 Å². The molecule has 0 saturated heterocycles. The van der Waals surface area contributed by atoms with Crippen LogP contribution in [0.4, 0.5) is 0 Å². The Morgan fingerprint density at radius 1 is 0.333 bits per heavy atom. The molecule has 9 heteroatoms. The third-order valence-corrected chi connectivity index (χ3v) is 0. The molecule has 0 rings (SSSR count). The van der Waals surface area contributed by atoms with Crippen molar-refractivity contribution < 1.29 is 181 Å². The first-order valence-electron chi connectivity index (χ1n) is 0. The molecule has 0 unspecified atom stereocenters. The predicted molar refractivity (Wildman–Crippen MR) is 2.22 cm³/mol. The molecular formula is H2Mn7Na2. The molecule has 7 radical (unpaired) electrons. The van der Waals surface area contributed by atoms with Gasteiger partial charge in [0, 0.05) is 119 Å². The van der Waals surface area contributed by atoms with Gasteiger partial charge in [0.05, 0.1) is 0 Å². The van der Waals surface area contributed by atoms with Crippen LogP contribution in [0.5, 0.6) is 0 Å². The van der Waals surface area contributed by atoms with Gasteiger partial charge in [-0.15, -0.1) is 0 Å². The van der Waals surface area contributed by atoms with E-state index >= 15 is 0 Å². The maximum atomic E-state index is 0. The standard InChI is InChI=1S/7Mn.2Na.2H/q;;;;;;;2*+1;2*-1. The average molecular weight is 433 g/mol. The Morgan fingerprint density at radius 3 is 0.333 bits per heavy atom. The summed E-state index contributed by atoms with van der Waals surface area (Å²) in [6, 6.07) is 0. The Balaban J connectivity index is 0. The zero-order valence-corrected chi connectivity index (χ0v) is 16.9. The average Bonchev–Trinajstić information content (AvgIpc) is 0. The number of hydrogen-bond acceptors (Lipinski definition) is 0. The van der Waals surface area contributed by atoms with E-state index in [1.54, 1.807) is 0 Å². The van der Waals surface area contributed by atoms with Gasteiger partial charge in [0.25, 0.3) is 0 Å². The van der Waals surface area contributed by atoms with Gasteiger partial charge in [0.15, 0.2) is 0 Å². The van der Waals surface area contributed by atoms with Gasteiger partial charge in [-0.05, 0) is 0 Å². The molecule has 0 saturated carbocycles. The van der Waals surface area contributed by atoms with Crippen LogP contribution in [0.2, 0.25) is 0 Å². The fourth-order valence-electron chi connectivity index (χ4n) is 0. The summed E-state index contributed by atoms with van der Waals surface area (Å²) in [7, 11) is 0. The molecule has 0 fully saturated rings. The SMILES string of the molecule is [H-].[H-].[Mn].[Mn].[Mn].[Mn].[Mn].[Mn].[Mn].[Na+].[Na+]. The maximum Gasteiger partial charge on any atom is 1.00 e. The summed E-state index contributed by atoms with van der Waals surface area (Å²) >= 11 is 0. The van der Waals surface area contributed by atoms with Crippen LogP contribution in [-0.4, -0.2) is 0 Å². The Bertz CT molecular complexity index is 14.4. The summed E-state index contributed by atoms with van der Waals surface area (Å²) in [4.78, 5) is 0. The van der Waals surface area contributed by atoms with Crippen molar-refractivity contribution in [3.05, 3.63) is 0 Å². The molecule has 0 amide bonds. The van der Waals surface area contributed by atoms with Crippen LogP contribution in [0.1, 0.15) is 2.85 Å². The van der Waals surface area contributed by atoms with Crippen molar-refractivity contribution in [1.82, 2.24) is 0 Å². The van der Waals surface area contributed by atoms with Crippen molar-refractivity contribution in [2.24, 2.45) is 0 Å². The van der Waals surface area contributed by atoms with Crippen molar-refractivity contribution in [2.75, 3.05) is 0 Å². The van der Waals surface area contributed by atoms with Crippen LogP contribution >= 0.6 is 0 Å². The second kappa shape index (κ2) is 68.5. The molecule has 0 bridgehead atoms. The quantitative estimate of drug-likeness (QED) is 0.335. The maximum absolute atomic E-state index is 0. The minimum Gasteiger partial charge on any atom is -1.00 e. The van der Waals surface area contributed by atoms with E-state index in [-0.39, 0.29) is 181 Å². The Kier molecular flexibility index (Phi) is 652. The zero-order valence-electron chi connectivity index (χ0n) is 6.65. The topological polar surface area (TPSA) is 0 Å². The van der Waals surface area contributed by atoms with Crippen molar-refractivity contribution in [1.29, 1.82) is 0 Å². The van der Waals surface area contributed by atoms with Gasteiger partial charge >= 0.3 is 59.1 Å². The summed E-state index contributed by atoms with van der Waals surface area (Å²) in [6.07, 6.45) is 0. The van der Waals surface area contributed by atoms with Gasteiger partial charge in [-0.1, -0.05) is 0 Å². The van der Waals surface area contributed by atoms with Crippen molar-refractivity contribution in [3.8, 4) is 0 Å². The first kappa shape index (κ1) is 85.7. The Morgan fingerprint density at radius 2 is 0.333 bits per heavy atom. The predicted octanol–water partition coefficient (Wildman–Crippen LogP) is -5.78. The van der Waals surface area contributed by atoms with Crippen molar-refractivity contribution >= 4 is 0 Å². The first-order chi connectivity index (χ1) is 0. The van der Waals surface area contributed by atoms with E-state index in [1.807, 2.05) is 0 Å². The van der Waals surface area contributed by atoms with Gasteiger partial charge < -0.3 is 2.85 Å². The zero-order chi connectivity index (χ0) is 0. The van der Waals surface area contributed by atoms with Gasteiger partial charge in [0.1, 0.15) is 0 Å². The minimum atomic E-state index is 0. The molecule has 0 spiro atoms. The van der Waals surface area contributed by atoms with Crippen LogP contribution in [0.3, 0.4) is 0 Å². The molecule has 0 aromatic rings. The van der Waals surface area contributed by atoms with E-state index in [0.29, 0.717) is 0 Å². The molecule has 0 nitrogen and oxygen atoms in total.